The van der Waals surface area contributed by atoms with E-state index in [1.807, 2.05) is 4.68 Å². The van der Waals surface area contributed by atoms with E-state index in [1.165, 1.54) is 29.7 Å². The van der Waals surface area contributed by atoms with Crippen molar-refractivity contribution in [2.24, 2.45) is 5.92 Å². The van der Waals surface area contributed by atoms with Gasteiger partial charge in [-0.05, 0) is 82.8 Å². The molecule has 0 radical (unpaired) electrons. The number of hydrogen-bond donors (Lipinski definition) is 0. The van der Waals surface area contributed by atoms with Gasteiger partial charge in [-0.3, -0.25) is 14.4 Å². The van der Waals surface area contributed by atoms with Gasteiger partial charge in [0.05, 0.1) is 12.0 Å². The first kappa shape index (κ1) is 25.1. The van der Waals surface area contributed by atoms with Gasteiger partial charge in [0.2, 0.25) is 0 Å². The maximum Gasteiger partial charge on any atom is 0.289 e. The summed E-state index contributed by atoms with van der Waals surface area (Å²) in [4.78, 5) is 17.2. The van der Waals surface area contributed by atoms with Crippen LogP contribution in [0.15, 0.2) is 41.0 Å². The molecule has 6 nitrogen and oxygen atoms in total. The van der Waals surface area contributed by atoms with Crippen molar-refractivity contribution in [3.8, 4) is 0 Å². The third kappa shape index (κ3) is 5.48. The van der Waals surface area contributed by atoms with Crippen molar-refractivity contribution in [1.82, 2.24) is 19.6 Å². The quantitative estimate of drug-likeness (QED) is 0.452. The Kier molecular flexibility index (Phi) is 7.69. The van der Waals surface area contributed by atoms with Crippen LogP contribution in [-0.4, -0.2) is 51.7 Å². The summed E-state index contributed by atoms with van der Waals surface area (Å²) in [7, 11) is 1.75. The van der Waals surface area contributed by atoms with Gasteiger partial charge in [0.1, 0.15) is 11.6 Å². The van der Waals surface area contributed by atoms with Gasteiger partial charge >= 0.3 is 0 Å². The second-order valence-electron chi connectivity index (χ2n) is 9.48. The van der Waals surface area contributed by atoms with Gasteiger partial charge < -0.3 is 9.32 Å². The lowest BCUT2D eigenvalue weighted by Gasteiger charge is -2.40. The predicted octanol–water partition coefficient (Wildman–Crippen LogP) is 4.99. The van der Waals surface area contributed by atoms with Crippen molar-refractivity contribution >= 4 is 5.91 Å². The topological polar surface area (TPSA) is 54.5 Å². The molecule has 2 aromatic heterocycles. The van der Waals surface area contributed by atoms with E-state index in [0.29, 0.717) is 12.0 Å². The predicted molar refractivity (Wildman–Crippen MR) is 130 cm³/mol. The number of piperidine rings is 1. The number of rotatable bonds is 8. The minimum Gasteiger partial charge on any atom is -0.459 e. The summed E-state index contributed by atoms with van der Waals surface area (Å²) in [6, 6.07) is 6.74. The zero-order valence-corrected chi connectivity index (χ0v) is 20.9. The lowest BCUT2D eigenvalue weighted by molar-refractivity contribution is 0.0554. The Bertz CT molecular complexity index is 1150. The molecule has 0 saturated carbocycles. The number of furan rings is 1. The molecule has 0 N–H and O–H groups in total. The fraction of sp³-hybridized carbons (Fsp3) is 0.481. The Morgan fingerprint density at radius 2 is 1.97 bits per heavy atom. The molecule has 4 rings (SSSR count). The highest BCUT2D eigenvalue weighted by molar-refractivity contribution is 5.91. The highest BCUT2D eigenvalue weighted by Gasteiger charge is 2.33. The lowest BCUT2D eigenvalue weighted by Crippen LogP contribution is -2.47. The molecule has 1 aromatic carbocycles. The summed E-state index contributed by atoms with van der Waals surface area (Å²) < 4.78 is 35.4. The van der Waals surface area contributed by atoms with E-state index in [9.17, 15) is 13.6 Å². The molecule has 1 amide bonds. The number of likely N-dealkylation sites (tertiary alicyclic amines) is 1. The minimum atomic E-state index is -0.604. The van der Waals surface area contributed by atoms with Gasteiger partial charge in [-0.15, -0.1) is 0 Å². The monoisotopic (exact) mass is 484 g/mol. The summed E-state index contributed by atoms with van der Waals surface area (Å²) in [6.07, 6.45) is 3.55. The second-order valence-corrected chi connectivity index (χ2v) is 9.48. The van der Waals surface area contributed by atoms with E-state index in [0.717, 1.165) is 50.8 Å². The third-order valence-electron chi connectivity index (χ3n) is 7.38. The van der Waals surface area contributed by atoms with Gasteiger partial charge in [0.25, 0.3) is 5.91 Å². The fourth-order valence-corrected chi connectivity index (χ4v) is 5.25. The van der Waals surface area contributed by atoms with Crippen LogP contribution in [0.25, 0.3) is 0 Å². The molecule has 0 spiro atoms. The Hall–Kier alpha value is -3.00. The molecule has 35 heavy (non-hydrogen) atoms. The van der Waals surface area contributed by atoms with Crippen LogP contribution >= 0.6 is 0 Å². The summed E-state index contributed by atoms with van der Waals surface area (Å²) in [5, 5.41) is 4.64. The minimum absolute atomic E-state index is 0.181. The number of aromatic nitrogens is 2. The van der Waals surface area contributed by atoms with Gasteiger partial charge in [-0.25, -0.2) is 8.78 Å². The van der Waals surface area contributed by atoms with Crippen LogP contribution in [0.3, 0.4) is 0 Å². The SMILES string of the molecule is CCn1nc(C)c(CN2CCC([C@H](Cc3ccc(F)cc3F)N(C)C(=O)c3ccco3)CC2)c1C. The molecule has 0 bridgehead atoms. The first-order valence-electron chi connectivity index (χ1n) is 12.3. The zero-order chi connectivity index (χ0) is 25.1. The van der Waals surface area contributed by atoms with Crippen LogP contribution < -0.4 is 0 Å². The molecule has 0 unspecified atom stereocenters. The number of benzene rings is 1. The highest BCUT2D eigenvalue weighted by Crippen LogP contribution is 2.29. The number of hydrogen-bond acceptors (Lipinski definition) is 4. The van der Waals surface area contributed by atoms with Crippen LogP contribution in [0.2, 0.25) is 0 Å². The molecule has 1 fully saturated rings. The molecule has 1 aliphatic heterocycles. The first-order valence-corrected chi connectivity index (χ1v) is 12.3. The molecule has 3 aromatic rings. The molecule has 1 saturated heterocycles. The van der Waals surface area contributed by atoms with Crippen LogP contribution in [-0.2, 0) is 19.5 Å². The van der Waals surface area contributed by atoms with Crippen molar-refractivity contribution in [1.29, 1.82) is 0 Å². The summed E-state index contributed by atoms with van der Waals surface area (Å²) in [6.45, 7) is 9.74. The first-order chi connectivity index (χ1) is 16.8. The summed E-state index contributed by atoms with van der Waals surface area (Å²) in [5.41, 5.74) is 3.97. The van der Waals surface area contributed by atoms with Gasteiger partial charge in [0, 0.05) is 43.5 Å². The third-order valence-corrected chi connectivity index (χ3v) is 7.38. The van der Waals surface area contributed by atoms with Gasteiger partial charge in [-0.1, -0.05) is 6.07 Å². The maximum absolute atomic E-state index is 14.5. The number of amides is 1. The van der Waals surface area contributed by atoms with Crippen molar-refractivity contribution in [2.75, 3.05) is 20.1 Å². The fourth-order valence-electron chi connectivity index (χ4n) is 5.25. The number of carbonyl (C=O) groups is 1. The van der Waals surface area contributed by atoms with Crippen molar-refractivity contribution < 1.29 is 18.0 Å². The van der Waals surface area contributed by atoms with Crippen LogP contribution in [0.4, 0.5) is 8.78 Å². The average Bonchev–Trinajstić information content (AvgIpc) is 3.48. The normalized spacial score (nSPS) is 15.9. The molecular formula is C27H34F2N4O2. The van der Waals surface area contributed by atoms with Crippen LogP contribution in [0.5, 0.6) is 0 Å². The molecule has 188 valence electrons. The maximum atomic E-state index is 14.5. The Morgan fingerprint density at radius 3 is 2.57 bits per heavy atom. The van der Waals surface area contributed by atoms with E-state index < -0.39 is 11.6 Å². The Morgan fingerprint density at radius 1 is 1.23 bits per heavy atom. The van der Waals surface area contributed by atoms with E-state index in [1.54, 1.807) is 24.1 Å². The van der Waals surface area contributed by atoms with Crippen LogP contribution in [0.1, 0.15) is 52.8 Å². The molecular weight excluding hydrogens is 450 g/mol. The van der Waals surface area contributed by atoms with Crippen molar-refractivity contribution in [2.45, 2.75) is 59.2 Å². The van der Waals surface area contributed by atoms with Crippen LogP contribution in [0, 0.1) is 31.4 Å². The van der Waals surface area contributed by atoms with Gasteiger partial charge in [-0.2, -0.15) is 5.10 Å². The number of nitrogens with zero attached hydrogens (tertiary/aromatic N) is 4. The lowest BCUT2D eigenvalue weighted by atomic mass is 9.84. The van der Waals surface area contributed by atoms with E-state index in [2.05, 4.69) is 30.8 Å². The zero-order valence-electron chi connectivity index (χ0n) is 20.9. The number of carbonyl (C=O) groups excluding carboxylic acids is 1. The smallest absolute Gasteiger partial charge is 0.289 e. The molecule has 0 aliphatic carbocycles. The second kappa shape index (κ2) is 10.7. The average molecular weight is 485 g/mol. The van der Waals surface area contributed by atoms with E-state index in [4.69, 9.17) is 4.42 Å². The molecule has 3 heterocycles. The Balaban J connectivity index is 1.49. The Labute approximate surface area is 205 Å². The molecule has 1 atom stereocenters. The van der Waals surface area contributed by atoms with E-state index >= 15 is 0 Å². The highest BCUT2D eigenvalue weighted by atomic mass is 19.1. The van der Waals surface area contributed by atoms with E-state index in [-0.39, 0.29) is 23.6 Å². The molecule has 1 aliphatic rings. The number of aryl methyl sites for hydroxylation is 2. The van der Waals surface area contributed by atoms with Gasteiger partial charge in [0.15, 0.2) is 5.76 Å². The van der Waals surface area contributed by atoms with Crippen molar-refractivity contribution in [3.05, 3.63) is 76.5 Å². The number of halogens is 2. The molecule has 8 heteroatoms. The largest absolute Gasteiger partial charge is 0.459 e. The number of likely N-dealkylation sites (N-methyl/N-ethyl adjacent to an activating group) is 1. The summed E-state index contributed by atoms with van der Waals surface area (Å²) in [5.74, 6) is -0.977. The van der Waals surface area contributed by atoms with Crippen molar-refractivity contribution in [3.63, 3.8) is 0 Å². The summed E-state index contributed by atoms with van der Waals surface area (Å²) >= 11 is 0. The standard InChI is InChI=1S/C27H34F2N4O2/c1-5-33-19(3)23(18(2)30-33)17-32-12-10-20(11-13-32)25(15-21-8-9-22(28)16-24(21)29)31(4)27(34)26-7-6-14-35-26/h6-9,14,16,20,25H,5,10-13,15,17H2,1-4H3/t25-/m0/s1.